The van der Waals surface area contributed by atoms with E-state index in [1.165, 1.54) is 6.20 Å². The van der Waals surface area contributed by atoms with E-state index in [4.69, 9.17) is 23.2 Å². The van der Waals surface area contributed by atoms with Crippen LogP contribution in [0.2, 0.25) is 10.3 Å². The highest BCUT2D eigenvalue weighted by Crippen LogP contribution is 2.28. The van der Waals surface area contributed by atoms with Crippen molar-refractivity contribution in [2.45, 2.75) is 0 Å². The van der Waals surface area contributed by atoms with Gasteiger partial charge in [0.2, 0.25) is 0 Å². The fourth-order valence-corrected chi connectivity index (χ4v) is 1.49. The lowest BCUT2D eigenvalue weighted by atomic mass is 10.4. The number of nitrogens with zero attached hydrogens (tertiary/aromatic N) is 4. The average Bonchev–Trinajstić information content (AvgIpc) is 2.26. The monoisotopic (exact) mass is 304 g/mol. The Morgan fingerprint density at radius 3 is 2.27 bits per heavy atom. The maximum atomic E-state index is 5.84. The van der Waals surface area contributed by atoms with E-state index in [-0.39, 0.29) is 10.3 Å². The minimum atomic E-state index is 0.246. The summed E-state index contributed by atoms with van der Waals surface area (Å²) in [6.45, 7) is 0. The maximum Gasteiger partial charge on any atom is 0.182 e. The van der Waals surface area contributed by atoms with Gasteiger partial charge in [-0.15, -0.1) is 0 Å². The molecule has 0 saturated carbocycles. The van der Waals surface area contributed by atoms with Crippen molar-refractivity contribution in [3.05, 3.63) is 33.4 Å². The summed E-state index contributed by atoms with van der Waals surface area (Å²) in [6, 6.07) is 0. The summed E-state index contributed by atoms with van der Waals surface area (Å²) in [4.78, 5) is 16.0. The predicted octanol–water partition coefficient (Wildman–Crippen LogP) is 3.00. The molecule has 0 aliphatic carbocycles. The molecule has 0 N–H and O–H groups in total. The molecule has 76 valence electrons. The molecule has 15 heavy (non-hydrogen) atoms. The Balaban J connectivity index is 2.56. The zero-order chi connectivity index (χ0) is 10.8. The minimum absolute atomic E-state index is 0.246. The van der Waals surface area contributed by atoms with Crippen LogP contribution in [0.15, 0.2) is 23.1 Å². The highest BCUT2D eigenvalue weighted by atomic mass is 79.9. The normalized spacial score (nSPS) is 10.3. The third kappa shape index (κ3) is 2.25. The predicted molar refractivity (Wildman–Crippen MR) is 60.8 cm³/mol. The molecule has 2 heterocycles. The number of hydrogen-bond acceptors (Lipinski definition) is 4. The molecule has 0 aliphatic heterocycles. The van der Waals surface area contributed by atoms with Crippen LogP contribution in [0.1, 0.15) is 0 Å². The van der Waals surface area contributed by atoms with Gasteiger partial charge in [0.25, 0.3) is 0 Å². The lowest BCUT2D eigenvalue weighted by Gasteiger charge is -2.01. The minimum Gasteiger partial charge on any atom is -0.261 e. The van der Waals surface area contributed by atoms with Gasteiger partial charge in [-0.25, -0.2) is 15.0 Å². The Labute approximate surface area is 104 Å². The first-order valence-electron chi connectivity index (χ1n) is 3.83. The number of aromatic nitrogens is 4. The van der Waals surface area contributed by atoms with Crippen LogP contribution in [0, 0.1) is 0 Å². The van der Waals surface area contributed by atoms with Crippen LogP contribution in [0.3, 0.4) is 0 Å². The van der Waals surface area contributed by atoms with E-state index in [2.05, 4.69) is 35.9 Å². The van der Waals surface area contributed by atoms with E-state index in [1.54, 1.807) is 12.4 Å². The molecule has 0 spiro atoms. The average molecular weight is 306 g/mol. The van der Waals surface area contributed by atoms with E-state index in [9.17, 15) is 0 Å². The van der Waals surface area contributed by atoms with Crippen molar-refractivity contribution in [1.29, 1.82) is 0 Å². The molecule has 0 fully saturated rings. The van der Waals surface area contributed by atoms with Crippen molar-refractivity contribution >= 4 is 39.1 Å². The number of halogens is 3. The van der Waals surface area contributed by atoms with Crippen molar-refractivity contribution in [2.75, 3.05) is 0 Å². The Hall–Kier alpha value is -0.780. The molecule has 2 aromatic rings. The fraction of sp³-hybridized carbons (Fsp3) is 0. The summed E-state index contributed by atoms with van der Waals surface area (Å²) in [5.74, 6) is 0.348. The fourth-order valence-electron chi connectivity index (χ4n) is 0.923. The summed E-state index contributed by atoms with van der Waals surface area (Å²) in [5, 5.41) is 0.492. The molecule has 0 atom stereocenters. The van der Waals surface area contributed by atoms with Crippen LogP contribution in [0.25, 0.3) is 11.5 Å². The molecule has 0 aromatic carbocycles. The Morgan fingerprint density at radius 2 is 1.73 bits per heavy atom. The highest BCUT2D eigenvalue weighted by molar-refractivity contribution is 9.10. The summed E-state index contributed by atoms with van der Waals surface area (Å²) in [6.07, 6.45) is 4.64. The summed E-state index contributed by atoms with van der Waals surface area (Å²) in [7, 11) is 0. The summed E-state index contributed by atoms with van der Waals surface area (Å²) < 4.78 is 0.471. The molecule has 0 unspecified atom stereocenters. The summed E-state index contributed by atoms with van der Waals surface area (Å²) >= 11 is 14.8. The van der Waals surface area contributed by atoms with Gasteiger partial charge >= 0.3 is 0 Å². The largest absolute Gasteiger partial charge is 0.261 e. The van der Waals surface area contributed by atoms with Crippen LogP contribution in [0.4, 0.5) is 0 Å². The lowest BCUT2D eigenvalue weighted by Crippen LogP contribution is -1.94. The topological polar surface area (TPSA) is 51.6 Å². The molecule has 0 bridgehead atoms. The molecule has 2 aromatic heterocycles. The first-order chi connectivity index (χ1) is 7.18. The molecule has 2 rings (SSSR count). The third-order valence-corrected chi connectivity index (χ3v) is 3.32. The zero-order valence-electron chi connectivity index (χ0n) is 7.15. The smallest absolute Gasteiger partial charge is 0.182 e. The second-order valence-electron chi connectivity index (χ2n) is 2.53. The van der Waals surface area contributed by atoms with Crippen LogP contribution in [0.5, 0.6) is 0 Å². The van der Waals surface area contributed by atoms with Crippen molar-refractivity contribution < 1.29 is 0 Å². The van der Waals surface area contributed by atoms with Gasteiger partial charge in [0.15, 0.2) is 5.82 Å². The van der Waals surface area contributed by atoms with Crippen molar-refractivity contribution in [1.82, 2.24) is 19.9 Å². The van der Waals surface area contributed by atoms with Gasteiger partial charge in [-0.1, -0.05) is 23.2 Å². The number of hydrogen-bond donors (Lipinski definition) is 0. The molecule has 4 nitrogen and oxygen atoms in total. The molecular formula is C8H3BrCl2N4. The highest BCUT2D eigenvalue weighted by Gasteiger charge is 2.10. The van der Waals surface area contributed by atoms with Crippen LogP contribution >= 0.6 is 39.1 Å². The van der Waals surface area contributed by atoms with Crippen LogP contribution in [-0.2, 0) is 0 Å². The molecule has 0 radical (unpaired) electrons. The first kappa shape index (κ1) is 10.7. The standard InChI is InChI=1S/C8H3BrCl2N4/c9-5-6(10)14-8(15-7(5)11)4-3-12-1-2-13-4/h1-3H. The third-order valence-electron chi connectivity index (χ3n) is 1.56. The Bertz CT molecular complexity index is 468. The maximum absolute atomic E-state index is 5.84. The van der Waals surface area contributed by atoms with E-state index in [0.717, 1.165) is 0 Å². The van der Waals surface area contributed by atoms with Crippen molar-refractivity contribution in [3.8, 4) is 11.5 Å². The molecule has 7 heteroatoms. The van der Waals surface area contributed by atoms with E-state index in [0.29, 0.717) is 16.0 Å². The van der Waals surface area contributed by atoms with Gasteiger partial charge in [-0.3, -0.25) is 4.98 Å². The van der Waals surface area contributed by atoms with Gasteiger partial charge in [0.1, 0.15) is 16.0 Å². The Morgan fingerprint density at radius 1 is 1.07 bits per heavy atom. The number of rotatable bonds is 1. The first-order valence-corrected chi connectivity index (χ1v) is 5.38. The summed E-state index contributed by atoms with van der Waals surface area (Å²) in [5.41, 5.74) is 0.522. The zero-order valence-corrected chi connectivity index (χ0v) is 10.3. The second kappa shape index (κ2) is 4.38. The molecule has 0 aliphatic rings. The van der Waals surface area contributed by atoms with E-state index >= 15 is 0 Å². The van der Waals surface area contributed by atoms with Crippen molar-refractivity contribution in [2.24, 2.45) is 0 Å². The molecular weight excluding hydrogens is 303 g/mol. The van der Waals surface area contributed by atoms with Crippen LogP contribution in [-0.4, -0.2) is 19.9 Å². The SMILES string of the molecule is Clc1nc(-c2cnccn2)nc(Cl)c1Br. The second-order valence-corrected chi connectivity index (χ2v) is 4.04. The van der Waals surface area contributed by atoms with E-state index in [1.807, 2.05) is 0 Å². The van der Waals surface area contributed by atoms with Gasteiger partial charge in [0.05, 0.1) is 10.7 Å². The lowest BCUT2D eigenvalue weighted by molar-refractivity contribution is 1.10. The van der Waals surface area contributed by atoms with Gasteiger partial charge in [0, 0.05) is 12.4 Å². The van der Waals surface area contributed by atoms with Crippen molar-refractivity contribution in [3.63, 3.8) is 0 Å². The van der Waals surface area contributed by atoms with Gasteiger partial charge < -0.3 is 0 Å². The Kier molecular flexibility index (Phi) is 3.14. The van der Waals surface area contributed by atoms with Gasteiger partial charge in [-0.2, -0.15) is 0 Å². The van der Waals surface area contributed by atoms with Gasteiger partial charge in [-0.05, 0) is 15.9 Å². The van der Waals surface area contributed by atoms with E-state index < -0.39 is 0 Å². The van der Waals surface area contributed by atoms with Crippen LogP contribution < -0.4 is 0 Å². The molecule has 0 amide bonds. The molecule has 0 saturated heterocycles. The quantitative estimate of drug-likeness (QED) is 0.760.